The van der Waals surface area contributed by atoms with E-state index in [0.29, 0.717) is 29.0 Å². The molecule has 0 spiro atoms. The van der Waals surface area contributed by atoms with E-state index >= 15 is 0 Å². The predicted molar refractivity (Wildman–Crippen MR) is 261 cm³/mol. The number of imidazole rings is 2. The van der Waals surface area contributed by atoms with Crippen molar-refractivity contribution in [2.45, 2.75) is 44.2 Å². The van der Waals surface area contributed by atoms with Crippen LogP contribution in [-0.2, 0) is 6.42 Å². The summed E-state index contributed by atoms with van der Waals surface area (Å²) >= 11 is 0. The molecular formula is C54H46N10O2. The number of fused-ring (bicyclic) bond motifs is 6. The van der Waals surface area contributed by atoms with Gasteiger partial charge in [0.05, 0.1) is 45.8 Å². The van der Waals surface area contributed by atoms with Crippen molar-refractivity contribution in [1.82, 2.24) is 39.4 Å². The van der Waals surface area contributed by atoms with Gasteiger partial charge in [0, 0.05) is 46.6 Å². The van der Waals surface area contributed by atoms with Gasteiger partial charge in [0.2, 0.25) is 0 Å². The second-order valence-electron chi connectivity index (χ2n) is 16.8. The highest BCUT2D eigenvalue weighted by Crippen LogP contribution is 2.32. The van der Waals surface area contributed by atoms with Crippen LogP contribution in [0.3, 0.4) is 0 Å². The number of hydrogen-bond donors (Lipinski definition) is 4. The third kappa shape index (κ3) is 8.51. The summed E-state index contributed by atoms with van der Waals surface area (Å²) in [5.74, 6) is 1.44. The molecule has 2 saturated carbocycles. The normalized spacial score (nSPS) is 13.3. The molecule has 4 N–H and O–H groups in total. The first-order valence-electron chi connectivity index (χ1n) is 22.5. The summed E-state index contributed by atoms with van der Waals surface area (Å²) in [5, 5.41) is 13.0. The fourth-order valence-electron chi connectivity index (χ4n) is 8.18. The minimum Gasteiger partial charge on any atom is -0.367 e. The molecule has 66 heavy (non-hydrogen) atoms. The minimum absolute atomic E-state index is 0.00764. The first-order chi connectivity index (χ1) is 32.5. The number of benzene rings is 6. The van der Waals surface area contributed by atoms with Gasteiger partial charge in [-0.3, -0.25) is 18.4 Å². The van der Waals surface area contributed by atoms with Crippen LogP contribution in [0.1, 0.15) is 52.0 Å². The highest BCUT2D eigenvalue weighted by atomic mass is 16.2. The standard InChI is InChI=1S/C28H25N5O.C26H21N5O/c34-28(31-22-14-15-22)21-12-10-20(11-13-21)25-18-30-27-26(29-17-16-19-6-2-1-3-7-19)32-23-8-4-5-9-24(23)33(25)27;32-26(29-20-14-15-20)18-12-10-17(11-13-18)23-16-27-25-24(28-19-6-2-1-3-7-19)30-21-8-4-5-9-22(21)31(23)25/h1-13,18,22H,14-17H2,(H,29,32)(H,31,34);1-13,16,20H,14-15H2,(H,28,30)(H,29,32). The van der Waals surface area contributed by atoms with E-state index in [9.17, 15) is 9.59 Å². The first-order valence-corrected chi connectivity index (χ1v) is 22.5. The van der Waals surface area contributed by atoms with Crippen LogP contribution in [0.15, 0.2) is 170 Å². The average molecular weight is 867 g/mol. The van der Waals surface area contributed by atoms with Gasteiger partial charge >= 0.3 is 0 Å². The SMILES string of the molecule is O=C(NC1CC1)c1ccc(-c2cnc3c(NCCc4ccccc4)nc4ccccc4n23)cc1.O=C(NC1CC1)c1ccc(-c2cnc3c(Nc4ccccc4)nc4ccccc4n23)cc1. The maximum atomic E-state index is 12.4. The number of aromatic nitrogens is 6. The number of carbonyl (C=O) groups excluding carboxylic acids is 2. The zero-order valence-corrected chi connectivity index (χ0v) is 36.1. The Morgan fingerprint density at radius 2 is 0.970 bits per heavy atom. The smallest absolute Gasteiger partial charge is 0.251 e. The van der Waals surface area contributed by atoms with Crippen molar-refractivity contribution in [3.8, 4) is 22.5 Å². The Kier molecular flexibility index (Phi) is 10.8. The number of nitrogens with zero attached hydrogens (tertiary/aromatic N) is 6. The molecule has 0 bridgehead atoms. The van der Waals surface area contributed by atoms with E-state index in [4.69, 9.17) is 19.9 Å². The lowest BCUT2D eigenvalue weighted by molar-refractivity contribution is 0.0942. The zero-order valence-electron chi connectivity index (χ0n) is 36.1. The molecule has 4 heterocycles. The van der Waals surface area contributed by atoms with E-state index in [0.717, 1.165) is 106 Å². The molecule has 2 aliphatic carbocycles. The molecule has 0 saturated heterocycles. The van der Waals surface area contributed by atoms with E-state index in [2.05, 4.69) is 60.4 Å². The largest absolute Gasteiger partial charge is 0.367 e. The van der Waals surface area contributed by atoms with E-state index in [1.165, 1.54) is 5.56 Å². The minimum atomic E-state index is -0.0128. The second-order valence-corrected chi connectivity index (χ2v) is 16.8. The molecule has 0 unspecified atom stereocenters. The maximum Gasteiger partial charge on any atom is 0.251 e. The van der Waals surface area contributed by atoms with E-state index in [-0.39, 0.29) is 11.8 Å². The number of para-hydroxylation sites is 5. The van der Waals surface area contributed by atoms with Crippen molar-refractivity contribution >= 4 is 62.5 Å². The Hall–Kier alpha value is -8.38. The summed E-state index contributed by atoms with van der Waals surface area (Å²) in [6.45, 7) is 0.762. The quantitative estimate of drug-likeness (QED) is 0.0951. The lowest BCUT2D eigenvalue weighted by atomic mass is 10.1. The highest BCUT2D eigenvalue weighted by molar-refractivity contribution is 5.96. The van der Waals surface area contributed by atoms with Gasteiger partial charge in [-0.25, -0.2) is 19.9 Å². The fraction of sp³-hybridized carbons (Fsp3) is 0.148. The van der Waals surface area contributed by atoms with Gasteiger partial charge in [-0.15, -0.1) is 0 Å². The second kappa shape index (κ2) is 17.6. The number of carbonyl (C=O) groups is 2. The Labute approximate surface area is 380 Å². The summed E-state index contributed by atoms with van der Waals surface area (Å²) < 4.78 is 4.26. The van der Waals surface area contributed by atoms with Crippen LogP contribution >= 0.6 is 0 Å². The average Bonchev–Trinajstić information content (AvgIpc) is 4.28. The van der Waals surface area contributed by atoms with E-state index in [1.807, 2.05) is 140 Å². The molecule has 12 rings (SSSR count). The number of anilines is 3. The van der Waals surface area contributed by atoms with Gasteiger partial charge < -0.3 is 21.3 Å². The van der Waals surface area contributed by atoms with Crippen LogP contribution in [-0.4, -0.2) is 59.2 Å². The Balaban J connectivity index is 0.000000146. The predicted octanol–water partition coefficient (Wildman–Crippen LogP) is 10.3. The van der Waals surface area contributed by atoms with Gasteiger partial charge in [0.15, 0.2) is 22.9 Å². The topological polar surface area (TPSA) is 143 Å². The van der Waals surface area contributed by atoms with Crippen LogP contribution in [0.4, 0.5) is 17.3 Å². The molecule has 0 radical (unpaired) electrons. The fourth-order valence-corrected chi connectivity index (χ4v) is 8.18. The van der Waals surface area contributed by atoms with Gasteiger partial charge in [-0.05, 0) is 98.3 Å². The van der Waals surface area contributed by atoms with Crippen LogP contribution in [0.5, 0.6) is 0 Å². The van der Waals surface area contributed by atoms with Gasteiger partial charge in [-0.1, -0.05) is 97.1 Å². The van der Waals surface area contributed by atoms with Crippen LogP contribution in [0, 0.1) is 0 Å². The molecule has 0 aliphatic heterocycles. The molecule has 4 aromatic heterocycles. The Bertz CT molecular complexity index is 3360. The molecule has 10 aromatic rings. The monoisotopic (exact) mass is 866 g/mol. The maximum absolute atomic E-state index is 12.4. The van der Waals surface area contributed by atoms with Crippen molar-refractivity contribution in [3.63, 3.8) is 0 Å². The molecule has 2 fully saturated rings. The first kappa shape index (κ1) is 40.4. The van der Waals surface area contributed by atoms with E-state index < -0.39 is 0 Å². The van der Waals surface area contributed by atoms with Crippen LogP contribution in [0.25, 0.3) is 55.9 Å². The number of rotatable bonds is 12. The summed E-state index contributed by atoms with van der Waals surface area (Å²) in [6.07, 6.45) is 8.95. The molecule has 2 aliphatic rings. The lowest BCUT2D eigenvalue weighted by Crippen LogP contribution is -2.25. The molecule has 0 atom stereocenters. The third-order valence-corrected chi connectivity index (χ3v) is 12.0. The highest BCUT2D eigenvalue weighted by Gasteiger charge is 2.25. The van der Waals surface area contributed by atoms with Crippen LogP contribution < -0.4 is 21.3 Å². The van der Waals surface area contributed by atoms with Crippen LogP contribution in [0.2, 0.25) is 0 Å². The molecule has 12 nitrogen and oxygen atoms in total. The number of hydrogen-bond acceptors (Lipinski definition) is 8. The molecule has 6 aromatic carbocycles. The van der Waals surface area contributed by atoms with Gasteiger partial charge in [0.25, 0.3) is 11.8 Å². The van der Waals surface area contributed by atoms with Gasteiger partial charge in [0.1, 0.15) is 0 Å². The lowest BCUT2D eigenvalue weighted by Gasteiger charge is -2.12. The van der Waals surface area contributed by atoms with Crippen molar-refractivity contribution in [1.29, 1.82) is 0 Å². The molecule has 2 amide bonds. The van der Waals surface area contributed by atoms with E-state index in [1.54, 1.807) is 0 Å². The molecular weight excluding hydrogens is 821 g/mol. The molecule has 12 heteroatoms. The third-order valence-electron chi connectivity index (χ3n) is 12.0. The van der Waals surface area contributed by atoms with Crippen molar-refractivity contribution in [2.24, 2.45) is 0 Å². The number of amides is 2. The summed E-state index contributed by atoms with van der Waals surface area (Å²) in [4.78, 5) is 43.9. The van der Waals surface area contributed by atoms with Crippen molar-refractivity contribution in [3.05, 3.63) is 187 Å². The Morgan fingerprint density at radius 3 is 1.48 bits per heavy atom. The van der Waals surface area contributed by atoms with Crippen molar-refractivity contribution in [2.75, 3.05) is 17.2 Å². The van der Waals surface area contributed by atoms with Gasteiger partial charge in [-0.2, -0.15) is 0 Å². The van der Waals surface area contributed by atoms with Crippen molar-refractivity contribution < 1.29 is 9.59 Å². The Morgan fingerprint density at radius 1 is 0.515 bits per heavy atom. The summed E-state index contributed by atoms with van der Waals surface area (Å²) in [5.41, 5.74) is 12.8. The molecule has 324 valence electrons. The summed E-state index contributed by atoms with van der Waals surface area (Å²) in [6, 6.07) is 52.6. The number of nitrogens with one attached hydrogen (secondary N) is 4. The summed E-state index contributed by atoms with van der Waals surface area (Å²) in [7, 11) is 0. The zero-order chi connectivity index (χ0) is 44.4.